The molecule has 1 aliphatic heterocycles. The molecule has 0 fully saturated rings. The Hall–Kier alpha value is -1.66. The summed E-state index contributed by atoms with van der Waals surface area (Å²) in [6.07, 6.45) is 1.25. The van der Waals surface area contributed by atoms with Crippen molar-refractivity contribution in [1.82, 2.24) is 10.2 Å². The van der Waals surface area contributed by atoms with Gasteiger partial charge in [-0.05, 0) is 34.9 Å². The zero-order valence-electron chi connectivity index (χ0n) is 12.4. The van der Waals surface area contributed by atoms with Crippen LogP contribution in [0.1, 0.15) is 34.7 Å². The van der Waals surface area contributed by atoms with Crippen LogP contribution in [-0.4, -0.2) is 23.3 Å². The Morgan fingerprint density at radius 3 is 2.91 bits per heavy atom. The molecule has 22 heavy (non-hydrogen) atoms. The summed E-state index contributed by atoms with van der Waals surface area (Å²) < 4.78 is 0. The number of thiophene rings is 2. The molecular formula is C16H18N2O2S2. The quantitative estimate of drug-likeness (QED) is 0.934. The van der Waals surface area contributed by atoms with Crippen molar-refractivity contribution < 1.29 is 9.59 Å². The first-order valence-corrected chi connectivity index (χ1v) is 9.03. The van der Waals surface area contributed by atoms with Gasteiger partial charge in [0.15, 0.2) is 0 Å². The van der Waals surface area contributed by atoms with E-state index in [4.69, 9.17) is 0 Å². The number of rotatable bonds is 4. The van der Waals surface area contributed by atoms with Crippen LogP contribution in [0.3, 0.4) is 0 Å². The monoisotopic (exact) mass is 334 g/mol. The zero-order valence-corrected chi connectivity index (χ0v) is 14.0. The molecule has 1 atom stereocenters. The highest BCUT2D eigenvalue weighted by atomic mass is 32.1. The lowest BCUT2D eigenvalue weighted by atomic mass is 10.1. The van der Waals surface area contributed by atoms with E-state index in [2.05, 4.69) is 16.8 Å². The van der Waals surface area contributed by atoms with Crippen molar-refractivity contribution in [3.63, 3.8) is 0 Å². The maximum atomic E-state index is 12.6. The number of hydrogen-bond donors (Lipinski definition) is 1. The Balaban J connectivity index is 1.68. The molecule has 0 saturated carbocycles. The van der Waals surface area contributed by atoms with Crippen LogP contribution in [0.4, 0.5) is 0 Å². The van der Waals surface area contributed by atoms with E-state index in [1.54, 1.807) is 22.7 Å². The van der Waals surface area contributed by atoms with Crippen LogP contribution >= 0.6 is 22.7 Å². The number of nitrogens with zero attached hydrogens (tertiary/aromatic N) is 1. The minimum atomic E-state index is -0.228. The van der Waals surface area contributed by atoms with Crippen molar-refractivity contribution in [2.24, 2.45) is 0 Å². The largest absolute Gasteiger partial charge is 0.348 e. The molecule has 1 N–H and O–H groups in total. The summed E-state index contributed by atoms with van der Waals surface area (Å²) in [5, 5.41) is 6.95. The third-order valence-corrected chi connectivity index (χ3v) is 5.81. The van der Waals surface area contributed by atoms with E-state index in [0.717, 1.165) is 17.8 Å². The summed E-state index contributed by atoms with van der Waals surface area (Å²) >= 11 is 3.33. The Bertz CT molecular complexity index is 664. The molecule has 0 aliphatic carbocycles. The Morgan fingerprint density at radius 2 is 2.18 bits per heavy atom. The maximum absolute atomic E-state index is 12.6. The van der Waals surface area contributed by atoms with Crippen molar-refractivity contribution in [2.75, 3.05) is 6.54 Å². The van der Waals surface area contributed by atoms with Crippen molar-refractivity contribution in [3.05, 3.63) is 44.3 Å². The lowest BCUT2D eigenvalue weighted by Gasteiger charge is -2.28. The molecule has 0 saturated heterocycles. The van der Waals surface area contributed by atoms with Gasteiger partial charge in [0.1, 0.15) is 0 Å². The van der Waals surface area contributed by atoms with Gasteiger partial charge in [-0.1, -0.05) is 6.07 Å². The summed E-state index contributed by atoms with van der Waals surface area (Å²) in [6, 6.07) is 5.78. The molecule has 6 heteroatoms. The third kappa shape index (κ3) is 3.39. The van der Waals surface area contributed by atoms with E-state index in [0.29, 0.717) is 13.0 Å². The second kappa shape index (κ2) is 6.62. The molecule has 2 aromatic heterocycles. The normalized spacial score (nSPS) is 15.2. The average molecular weight is 334 g/mol. The second-order valence-electron chi connectivity index (χ2n) is 5.41. The molecular weight excluding hydrogens is 316 g/mol. The Kier molecular flexibility index (Phi) is 4.59. The number of carbonyl (C=O) groups excluding carboxylic acids is 2. The van der Waals surface area contributed by atoms with Gasteiger partial charge in [0.25, 0.3) is 0 Å². The SMILES string of the molecule is CC(=O)NC(CC(=O)N1CCc2sccc2C1)c1cccs1. The summed E-state index contributed by atoms with van der Waals surface area (Å²) in [6.45, 7) is 2.95. The maximum Gasteiger partial charge on any atom is 0.225 e. The van der Waals surface area contributed by atoms with Gasteiger partial charge in [-0.25, -0.2) is 0 Å². The molecule has 0 spiro atoms. The fourth-order valence-corrected chi connectivity index (χ4v) is 4.39. The predicted molar refractivity (Wildman–Crippen MR) is 88.9 cm³/mol. The van der Waals surface area contributed by atoms with E-state index < -0.39 is 0 Å². The van der Waals surface area contributed by atoms with E-state index in [1.807, 2.05) is 22.4 Å². The second-order valence-corrected chi connectivity index (χ2v) is 7.39. The topological polar surface area (TPSA) is 49.4 Å². The number of hydrogen-bond acceptors (Lipinski definition) is 4. The molecule has 0 radical (unpaired) electrons. The van der Waals surface area contributed by atoms with Gasteiger partial charge in [-0.15, -0.1) is 22.7 Å². The van der Waals surface area contributed by atoms with Crippen molar-refractivity contribution in [3.8, 4) is 0 Å². The van der Waals surface area contributed by atoms with Crippen LogP contribution in [0.2, 0.25) is 0 Å². The standard InChI is InChI=1S/C16H18N2O2S2/c1-11(19)17-13(15-3-2-7-21-15)9-16(20)18-6-4-14-12(10-18)5-8-22-14/h2-3,5,7-8,13H,4,6,9-10H2,1H3,(H,17,19). The van der Waals surface area contributed by atoms with Crippen molar-refractivity contribution in [2.45, 2.75) is 32.4 Å². The minimum Gasteiger partial charge on any atom is -0.348 e. The fourth-order valence-electron chi connectivity index (χ4n) is 2.72. The van der Waals surface area contributed by atoms with Gasteiger partial charge < -0.3 is 10.2 Å². The molecule has 0 bridgehead atoms. The number of carbonyl (C=O) groups is 2. The molecule has 116 valence electrons. The Labute approximate surface area is 137 Å². The van der Waals surface area contributed by atoms with Gasteiger partial charge in [0.05, 0.1) is 12.5 Å². The van der Waals surface area contributed by atoms with E-state index >= 15 is 0 Å². The molecule has 4 nitrogen and oxygen atoms in total. The zero-order chi connectivity index (χ0) is 15.5. The van der Waals surface area contributed by atoms with Crippen LogP contribution in [0.15, 0.2) is 29.0 Å². The molecule has 2 amide bonds. The average Bonchev–Trinajstić information content (AvgIpc) is 3.16. The first-order valence-electron chi connectivity index (χ1n) is 7.27. The van der Waals surface area contributed by atoms with E-state index in [-0.39, 0.29) is 17.9 Å². The summed E-state index contributed by atoms with van der Waals surface area (Å²) in [4.78, 5) is 28.3. The van der Waals surface area contributed by atoms with Gasteiger partial charge >= 0.3 is 0 Å². The predicted octanol–water partition coefficient (Wildman–Crippen LogP) is 2.96. The van der Waals surface area contributed by atoms with Gasteiger partial charge in [0, 0.05) is 29.8 Å². The number of amides is 2. The first-order chi connectivity index (χ1) is 10.6. The first kappa shape index (κ1) is 15.2. The molecule has 1 unspecified atom stereocenters. The molecule has 3 rings (SSSR count). The summed E-state index contributed by atoms with van der Waals surface area (Å²) in [7, 11) is 0. The number of nitrogens with one attached hydrogen (secondary N) is 1. The fraction of sp³-hybridized carbons (Fsp3) is 0.375. The van der Waals surface area contributed by atoms with Crippen LogP contribution in [0.5, 0.6) is 0 Å². The molecule has 3 heterocycles. The minimum absolute atomic E-state index is 0.101. The highest BCUT2D eigenvalue weighted by Crippen LogP contribution is 2.27. The highest BCUT2D eigenvalue weighted by molar-refractivity contribution is 7.10. The summed E-state index contributed by atoms with van der Waals surface area (Å²) in [5.74, 6) is -0.00559. The Morgan fingerprint density at radius 1 is 1.32 bits per heavy atom. The van der Waals surface area contributed by atoms with Gasteiger partial charge in [-0.3, -0.25) is 9.59 Å². The van der Waals surface area contributed by atoms with Crippen LogP contribution in [0.25, 0.3) is 0 Å². The van der Waals surface area contributed by atoms with Crippen molar-refractivity contribution >= 4 is 34.5 Å². The van der Waals surface area contributed by atoms with Crippen molar-refractivity contribution in [1.29, 1.82) is 0 Å². The smallest absolute Gasteiger partial charge is 0.225 e. The van der Waals surface area contributed by atoms with Crippen LogP contribution in [0, 0.1) is 0 Å². The van der Waals surface area contributed by atoms with E-state index in [9.17, 15) is 9.59 Å². The third-order valence-electron chi connectivity index (χ3n) is 3.80. The lowest BCUT2D eigenvalue weighted by molar-refractivity contribution is -0.132. The molecule has 0 aromatic carbocycles. The van der Waals surface area contributed by atoms with Crippen LogP contribution < -0.4 is 5.32 Å². The molecule has 1 aliphatic rings. The van der Waals surface area contributed by atoms with E-state index in [1.165, 1.54) is 17.4 Å². The van der Waals surface area contributed by atoms with Gasteiger partial charge in [0.2, 0.25) is 11.8 Å². The summed E-state index contributed by atoms with van der Waals surface area (Å²) in [5.41, 5.74) is 1.26. The number of fused-ring (bicyclic) bond motifs is 1. The lowest BCUT2D eigenvalue weighted by Crippen LogP contribution is -2.38. The van der Waals surface area contributed by atoms with Crippen LogP contribution in [-0.2, 0) is 22.6 Å². The molecule has 2 aromatic rings. The van der Waals surface area contributed by atoms with Gasteiger partial charge in [-0.2, -0.15) is 0 Å². The highest BCUT2D eigenvalue weighted by Gasteiger charge is 2.25.